The normalized spacial score (nSPS) is 15.1. The number of hydrogen-bond acceptors (Lipinski definition) is 4. The summed E-state index contributed by atoms with van der Waals surface area (Å²) in [4.78, 5) is 4.48. The molecule has 16 heavy (non-hydrogen) atoms. The number of rotatable bonds is 1. The molecule has 0 saturated carbocycles. The molecule has 0 radical (unpaired) electrons. The number of hydrogen-bond donors (Lipinski definition) is 1. The maximum Gasteiger partial charge on any atom is 0.210 e. The van der Waals surface area contributed by atoms with Crippen molar-refractivity contribution in [3.63, 3.8) is 0 Å². The molecule has 0 aliphatic carbocycles. The summed E-state index contributed by atoms with van der Waals surface area (Å²) in [5.41, 5.74) is 4.88. The smallest absolute Gasteiger partial charge is 0.210 e. The predicted molar refractivity (Wildman–Crippen MR) is 64.1 cm³/mol. The van der Waals surface area contributed by atoms with Crippen LogP contribution in [0.1, 0.15) is 22.6 Å². The molecule has 0 fully saturated rings. The molecule has 3 heterocycles. The van der Waals surface area contributed by atoms with Gasteiger partial charge in [0.2, 0.25) is 5.13 Å². The van der Waals surface area contributed by atoms with Gasteiger partial charge in [-0.2, -0.15) is 5.10 Å². The lowest BCUT2D eigenvalue weighted by Crippen LogP contribution is -2.23. The molecule has 0 atom stereocenters. The van der Waals surface area contributed by atoms with Crippen LogP contribution in [0.25, 0.3) is 5.13 Å². The fraction of sp³-hybridized carbons (Fsp3) is 0.455. The molecule has 5 heteroatoms. The summed E-state index contributed by atoms with van der Waals surface area (Å²) in [6.45, 7) is 6.08. The van der Waals surface area contributed by atoms with Gasteiger partial charge in [0.15, 0.2) is 0 Å². The summed E-state index contributed by atoms with van der Waals surface area (Å²) in [5.74, 6) is 0. The molecule has 0 amide bonds. The highest BCUT2D eigenvalue weighted by atomic mass is 32.1. The third-order valence-corrected chi connectivity index (χ3v) is 3.89. The molecule has 0 unspecified atom stereocenters. The second kappa shape index (κ2) is 3.68. The monoisotopic (exact) mass is 234 g/mol. The van der Waals surface area contributed by atoms with E-state index < -0.39 is 0 Å². The van der Waals surface area contributed by atoms with Crippen LogP contribution in [0, 0.1) is 13.8 Å². The molecule has 0 saturated heterocycles. The lowest BCUT2D eigenvalue weighted by molar-refractivity contribution is 0.629. The van der Waals surface area contributed by atoms with Gasteiger partial charge in [-0.15, -0.1) is 11.3 Å². The van der Waals surface area contributed by atoms with Crippen molar-refractivity contribution in [1.29, 1.82) is 0 Å². The Labute approximate surface area is 98.3 Å². The van der Waals surface area contributed by atoms with E-state index in [0.29, 0.717) is 0 Å². The standard InChI is InChI=1S/C11H14N4S/c1-7-6-16-11(13-7)15-8(2)9-3-4-12-5-10(9)14-15/h6,12H,3-5H2,1-2H3. The molecular weight excluding hydrogens is 220 g/mol. The van der Waals surface area contributed by atoms with Crippen molar-refractivity contribution in [1.82, 2.24) is 20.1 Å². The summed E-state index contributed by atoms with van der Waals surface area (Å²) >= 11 is 1.65. The largest absolute Gasteiger partial charge is 0.311 e. The van der Waals surface area contributed by atoms with Gasteiger partial charge in [-0.05, 0) is 32.4 Å². The Hall–Kier alpha value is -1.20. The van der Waals surface area contributed by atoms with E-state index in [1.807, 2.05) is 11.6 Å². The van der Waals surface area contributed by atoms with E-state index >= 15 is 0 Å². The van der Waals surface area contributed by atoms with Gasteiger partial charge < -0.3 is 5.32 Å². The van der Waals surface area contributed by atoms with Crippen LogP contribution in [0.2, 0.25) is 0 Å². The van der Waals surface area contributed by atoms with Crippen molar-refractivity contribution < 1.29 is 0 Å². The second-order valence-corrected chi connectivity index (χ2v) is 4.96. The maximum absolute atomic E-state index is 4.64. The zero-order chi connectivity index (χ0) is 11.1. The minimum atomic E-state index is 0.882. The van der Waals surface area contributed by atoms with E-state index in [-0.39, 0.29) is 0 Å². The number of nitrogens with one attached hydrogen (secondary N) is 1. The van der Waals surface area contributed by atoms with Crippen LogP contribution in [0.15, 0.2) is 5.38 Å². The van der Waals surface area contributed by atoms with Crippen molar-refractivity contribution in [3.8, 4) is 5.13 Å². The Morgan fingerprint density at radius 2 is 2.31 bits per heavy atom. The molecular formula is C11H14N4S. The van der Waals surface area contributed by atoms with Crippen LogP contribution >= 0.6 is 11.3 Å². The average molecular weight is 234 g/mol. The molecule has 1 aliphatic heterocycles. The first-order chi connectivity index (χ1) is 7.75. The van der Waals surface area contributed by atoms with E-state index in [2.05, 4.69) is 27.7 Å². The second-order valence-electron chi connectivity index (χ2n) is 4.12. The lowest BCUT2D eigenvalue weighted by atomic mass is 10.1. The molecule has 4 nitrogen and oxygen atoms in total. The van der Waals surface area contributed by atoms with Crippen LogP contribution in [-0.2, 0) is 13.0 Å². The third kappa shape index (κ3) is 1.47. The molecule has 84 valence electrons. The summed E-state index contributed by atoms with van der Waals surface area (Å²) in [6, 6.07) is 0. The summed E-state index contributed by atoms with van der Waals surface area (Å²) < 4.78 is 1.98. The van der Waals surface area contributed by atoms with Crippen molar-refractivity contribution in [2.45, 2.75) is 26.8 Å². The molecule has 0 aromatic carbocycles. The first-order valence-electron chi connectivity index (χ1n) is 5.46. The van der Waals surface area contributed by atoms with Gasteiger partial charge in [0, 0.05) is 17.6 Å². The first kappa shape index (κ1) is 9.99. The summed E-state index contributed by atoms with van der Waals surface area (Å²) in [7, 11) is 0. The van der Waals surface area contributed by atoms with Gasteiger partial charge in [0.25, 0.3) is 0 Å². The van der Waals surface area contributed by atoms with Crippen LogP contribution in [0.5, 0.6) is 0 Å². The van der Waals surface area contributed by atoms with Crippen molar-refractivity contribution in [2.75, 3.05) is 6.54 Å². The minimum absolute atomic E-state index is 0.882. The molecule has 1 aliphatic rings. The van der Waals surface area contributed by atoms with E-state index in [0.717, 1.165) is 30.3 Å². The van der Waals surface area contributed by atoms with Crippen LogP contribution in [-0.4, -0.2) is 21.3 Å². The van der Waals surface area contributed by atoms with E-state index in [1.54, 1.807) is 11.3 Å². The van der Waals surface area contributed by atoms with Crippen LogP contribution < -0.4 is 5.32 Å². The zero-order valence-corrected chi connectivity index (χ0v) is 10.3. The van der Waals surface area contributed by atoms with Crippen molar-refractivity contribution in [3.05, 3.63) is 28.0 Å². The third-order valence-electron chi connectivity index (χ3n) is 2.96. The van der Waals surface area contributed by atoms with Gasteiger partial charge >= 0.3 is 0 Å². The topological polar surface area (TPSA) is 42.7 Å². The highest BCUT2D eigenvalue weighted by Gasteiger charge is 2.19. The fourth-order valence-electron chi connectivity index (χ4n) is 2.11. The van der Waals surface area contributed by atoms with Crippen LogP contribution in [0.3, 0.4) is 0 Å². The van der Waals surface area contributed by atoms with Gasteiger partial charge in [-0.1, -0.05) is 0 Å². The molecule has 3 rings (SSSR count). The van der Waals surface area contributed by atoms with Gasteiger partial charge in [0.05, 0.1) is 11.4 Å². The number of aromatic nitrogens is 3. The fourth-order valence-corrected chi connectivity index (χ4v) is 2.91. The number of fused-ring (bicyclic) bond motifs is 1. The van der Waals surface area contributed by atoms with Crippen LogP contribution in [0.4, 0.5) is 0 Å². The van der Waals surface area contributed by atoms with E-state index in [9.17, 15) is 0 Å². The van der Waals surface area contributed by atoms with Gasteiger partial charge in [-0.25, -0.2) is 9.67 Å². The molecule has 2 aromatic heterocycles. The highest BCUT2D eigenvalue weighted by Crippen LogP contribution is 2.22. The molecule has 2 aromatic rings. The maximum atomic E-state index is 4.64. The lowest BCUT2D eigenvalue weighted by Gasteiger charge is -2.10. The molecule has 1 N–H and O–H groups in total. The first-order valence-corrected chi connectivity index (χ1v) is 6.34. The number of nitrogens with zero attached hydrogens (tertiary/aromatic N) is 3. The van der Waals surface area contributed by atoms with Crippen molar-refractivity contribution in [2.24, 2.45) is 0 Å². The van der Waals surface area contributed by atoms with Gasteiger partial charge in [0.1, 0.15) is 0 Å². The van der Waals surface area contributed by atoms with Gasteiger partial charge in [-0.3, -0.25) is 0 Å². The highest BCUT2D eigenvalue weighted by molar-refractivity contribution is 7.12. The SMILES string of the molecule is Cc1csc(-n2nc3c(c2C)CCNC3)n1. The summed E-state index contributed by atoms with van der Waals surface area (Å²) in [6.07, 6.45) is 1.07. The average Bonchev–Trinajstić information content (AvgIpc) is 2.84. The quantitative estimate of drug-likeness (QED) is 0.815. The Morgan fingerprint density at radius 1 is 1.44 bits per heavy atom. The molecule has 0 spiro atoms. The predicted octanol–water partition coefficient (Wildman–Crippen LogP) is 1.59. The summed E-state index contributed by atoms with van der Waals surface area (Å²) in [5, 5.41) is 11.0. The Balaban J connectivity index is 2.11. The molecule has 0 bridgehead atoms. The number of thiazole rings is 1. The Morgan fingerprint density at radius 3 is 3.00 bits per heavy atom. The Kier molecular flexibility index (Phi) is 2.29. The number of aryl methyl sites for hydroxylation is 1. The zero-order valence-electron chi connectivity index (χ0n) is 9.45. The van der Waals surface area contributed by atoms with E-state index in [1.165, 1.54) is 17.0 Å². The van der Waals surface area contributed by atoms with Crippen molar-refractivity contribution >= 4 is 11.3 Å². The Bertz CT molecular complexity index is 526. The minimum Gasteiger partial charge on any atom is -0.311 e. The van der Waals surface area contributed by atoms with E-state index in [4.69, 9.17) is 0 Å².